The summed E-state index contributed by atoms with van der Waals surface area (Å²) in [5, 5.41) is 3.47. The van der Waals surface area contributed by atoms with Crippen LogP contribution < -0.4 is 5.32 Å². The molecule has 0 heterocycles. The Morgan fingerprint density at radius 3 is 2.20 bits per heavy atom. The number of hydrogen-bond donors (Lipinski definition) is 1. The summed E-state index contributed by atoms with van der Waals surface area (Å²) >= 11 is 0. The average molecular weight is 206 g/mol. The first-order chi connectivity index (χ1) is 7.11. The van der Waals surface area contributed by atoms with Crippen molar-refractivity contribution in [1.82, 2.24) is 4.90 Å². The number of nitrogens with one attached hydrogen (secondary N) is 1. The molecule has 0 radical (unpaired) electrons. The van der Waals surface area contributed by atoms with E-state index in [1.165, 1.54) is 5.69 Å². The SMILES string of the molecule is CC(C)[C@@H](CNc1ccccc1)N(C)C. The fourth-order valence-electron chi connectivity index (χ4n) is 1.79. The quantitative estimate of drug-likeness (QED) is 0.797. The van der Waals surface area contributed by atoms with Crippen molar-refractivity contribution in [1.29, 1.82) is 0 Å². The van der Waals surface area contributed by atoms with Gasteiger partial charge in [-0.05, 0) is 32.1 Å². The van der Waals surface area contributed by atoms with E-state index in [1.54, 1.807) is 0 Å². The summed E-state index contributed by atoms with van der Waals surface area (Å²) in [6.45, 7) is 5.52. The topological polar surface area (TPSA) is 15.3 Å². The Morgan fingerprint density at radius 1 is 1.13 bits per heavy atom. The van der Waals surface area contributed by atoms with Crippen molar-refractivity contribution in [3.63, 3.8) is 0 Å². The van der Waals surface area contributed by atoms with Crippen molar-refractivity contribution in [3.8, 4) is 0 Å². The molecule has 1 aromatic rings. The van der Waals surface area contributed by atoms with Crippen LogP contribution in [0.5, 0.6) is 0 Å². The standard InChI is InChI=1S/C13H22N2/c1-11(2)13(15(3)4)10-14-12-8-6-5-7-9-12/h5-9,11,13-14H,10H2,1-4H3/t13-/m1/s1. The summed E-state index contributed by atoms with van der Waals surface area (Å²) in [7, 11) is 4.27. The molecule has 1 N–H and O–H groups in total. The van der Waals surface area contributed by atoms with E-state index >= 15 is 0 Å². The molecule has 0 aromatic heterocycles. The zero-order valence-corrected chi connectivity index (χ0v) is 10.2. The number of hydrogen-bond acceptors (Lipinski definition) is 2. The lowest BCUT2D eigenvalue weighted by atomic mass is 10.0. The van der Waals surface area contributed by atoms with Gasteiger partial charge in [-0.2, -0.15) is 0 Å². The number of anilines is 1. The van der Waals surface area contributed by atoms with Crippen molar-refractivity contribution < 1.29 is 0 Å². The van der Waals surface area contributed by atoms with Crippen LogP contribution in [0.2, 0.25) is 0 Å². The molecule has 0 bridgehead atoms. The molecule has 0 amide bonds. The zero-order valence-electron chi connectivity index (χ0n) is 10.2. The predicted molar refractivity (Wildman–Crippen MR) is 67.2 cm³/mol. The van der Waals surface area contributed by atoms with Gasteiger partial charge in [0, 0.05) is 18.3 Å². The second-order valence-corrected chi connectivity index (χ2v) is 4.52. The van der Waals surface area contributed by atoms with Crippen LogP contribution in [0, 0.1) is 5.92 Å². The Morgan fingerprint density at radius 2 is 1.73 bits per heavy atom. The van der Waals surface area contributed by atoms with Gasteiger partial charge in [0.15, 0.2) is 0 Å². The Bertz CT molecular complexity index is 259. The molecule has 0 saturated heterocycles. The molecule has 84 valence electrons. The Balaban J connectivity index is 2.47. The predicted octanol–water partition coefficient (Wildman–Crippen LogP) is 2.68. The van der Waals surface area contributed by atoms with Gasteiger partial charge in [0.25, 0.3) is 0 Å². The van der Waals surface area contributed by atoms with E-state index < -0.39 is 0 Å². The van der Waals surface area contributed by atoms with Crippen LogP contribution in [0.15, 0.2) is 30.3 Å². The maximum absolute atomic E-state index is 3.47. The average Bonchev–Trinajstić information content (AvgIpc) is 2.18. The molecule has 0 aliphatic carbocycles. The normalized spacial score (nSPS) is 13.2. The van der Waals surface area contributed by atoms with Crippen molar-refractivity contribution in [2.24, 2.45) is 5.92 Å². The molecule has 0 aliphatic heterocycles. The van der Waals surface area contributed by atoms with Crippen LogP contribution >= 0.6 is 0 Å². The summed E-state index contributed by atoms with van der Waals surface area (Å²) in [4.78, 5) is 2.28. The van der Waals surface area contributed by atoms with Gasteiger partial charge in [0.1, 0.15) is 0 Å². The Labute approximate surface area is 93.3 Å². The Hall–Kier alpha value is -1.02. The van der Waals surface area contributed by atoms with E-state index in [-0.39, 0.29) is 0 Å². The summed E-state index contributed by atoms with van der Waals surface area (Å²) in [6, 6.07) is 10.9. The fourth-order valence-corrected chi connectivity index (χ4v) is 1.79. The summed E-state index contributed by atoms with van der Waals surface area (Å²) in [5.74, 6) is 0.663. The van der Waals surface area contributed by atoms with Gasteiger partial charge in [0.05, 0.1) is 0 Å². The number of rotatable bonds is 5. The van der Waals surface area contributed by atoms with Gasteiger partial charge >= 0.3 is 0 Å². The van der Waals surface area contributed by atoms with Crippen LogP contribution in [0.25, 0.3) is 0 Å². The second kappa shape index (κ2) is 5.76. The minimum atomic E-state index is 0.574. The molecule has 15 heavy (non-hydrogen) atoms. The molecule has 0 spiro atoms. The van der Waals surface area contributed by atoms with Gasteiger partial charge in [-0.25, -0.2) is 0 Å². The van der Waals surface area contributed by atoms with E-state index in [0.717, 1.165) is 6.54 Å². The van der Waals surface area contributed by atoms with Crippen molar-refractivity contribution in [2.75, 3.05) is 26.0 Å². The molecule has 0 fully saturated rings. The highest BCUT2D eigenvalue weighted by Crippen LogP contribution is 2.10. The van der Waals surface area contributed by atoms with Crippen molar-refractivity contribution in [2.45, 2.75) is 19.9 Å². The third-order valence-electron chi connectivity index (χ3n) is 2.72. The lowest BCUT2D eigenvalue weighted by molar-refractivity contribution is 0.243. The smallest absolute Gasteiger partial charge is 0.0340 e. The van der Waals surface area contributed by atoms with Gasteiger partial charge in [0.2, 0.25) is 0 Å². The Kier molecular flexibility index (Phi) is 4.63. The molecular formula is C13H22N2. The van der Waals surface area contributed by atoms with Gasteiger partial charge in [-0.15, -0.1) is 0 Å². The summed E-state index contributed by atoms with van der Waals surface area (Å²) in [5.41, 5.74) is 1.20. The maximum atomic E-state index is 3.47. The monoisotopic (exact) mass is 206 g/mol. The minimum Gasteiger partial charge on any atom is -0.383 e. The highest BCUT2D eigenvalue weighted by Gasteiger charge is 2.14. The van der Waals surface area contributed by atoms with Crippen LogP contribution in [-0.4, -0.2) is 31.6 Å². The van der Waals surface area contributed by atoms with E-state index in [9.17, 15) is 0 Å². The molecule has 0 saturated carbocycles. The number of benzene rings is 1. The largest absolute Gasteiger partial charge is 0.383 e. The van der Waals surface area contributed by atoms with E-state index in [2.05, 4.69) is 62.4 Å². The first-order valence-electron chi connectivity index (χ1n) is 5.56. The molecule has 2 heteroatoms. The van der Waals surface area contributed by atoms with E-state index in [0.29, 0.717) is 12.0 Å². The van der Waals surface area contributed by atoms with Crippen molar-refractivity contribution >= 4 is 5.69 Å². The second-order valence-electron chi connectivity index (χ2n) is 4.52. The summed E-state index contributed by atoms with van der Waals surface area (Å²) in [6.07, 6.45) is 0. The highest BCUT2D eigenvalue weighted by atomic mass is 15.1. The maximum Gasteiger partial charge on any atom is 0.0340 e. The lowest BCUT2D eigenvalue weighted by Gasteiger charge is -2.28. The number of nitrogens with zero attached hydrogens (tertiary/aromatic N) is 1. The molecular weight excluding hydrogens is 184 g/mol. The van der Waals surface area contributed by atoms with E-state index in [4.69, 9.17) is 0 Å². The first-order valence-corrected chi connectivity index (χ1v) is 5.56. The lowest BCUT2D eigenvalue weighted by Crippen LogP contribution is -2.38. The highest BCUT2D eigenvalue weighted by molar-refractivity contribution is 5.42. The fraction of sp³-hybridized carbons (Fsp3) is 0.538. The van der Waals surface area contributed by atoms with Crippen LogP contribution in [0.1, 0.15) is 13.8 Å². The molecule has 0 unspecified atom stereocenters. The first kappa shape index (κ1) is 12.1. The van der Waals surface area contributed by atoms with Crippen molar-refractivity contribution in [3.05, 3.63) is 30.3 Å². The molecule has 1 rings (SSSR count). The molecule has 1 atom stereocenters. The zero-order chi connectivity index (χ0) is 11.3. The third kappa shape index (κ3) is 3.92. The summed E-state index contributed by atoms with van der Waals surface area (Å²) < 4.78 is 0. The van der Waals surface area contributed by atoms with Gasteiger partial charge < -0.3 is 10.2 Å². The van der Waals surface area contributed by atoms with Gasteiger partial charge in [-0.1, -0.05) is 32.0 Å². The third-order valence-corrected chi connectivity index (χ3v) is 2.72. The van der Waals surface area contributed by atoms with Gasteiger partial charge in [-0.3, -0.25) is 0 Å². The van der Waals surface area contributed by atoms with Crippen LogP contribution in [-0.2, 0) is 0 Å². The van der Waals surface area contributed by atoms with Crippen LogP contribution in [0.3, 0.4) is 0 Å². The van der Waals surface area contributed by atoms with E-state index in [1.807, 2.05) is 6.07 Å². The molecule has 0 aliphatic rings. The molecule has 1 aromatic carbocycles. The van der Waals surface area contributed by atoms with Crippen LogP contribution in [0.4, 0.5) is 5.69 Å². The minimum absolute atomic E-state index is 0.574. The number of para-hydroxylation sites is 1. The molecule has 2 nitrogen and oxygen atoms in total. The number of likely N-dealkylation sites (N-methyl/N-ethyl adjacent to an activating group) is 1.